The van der Waals surface area contributed by atoms with Gasteiger partial charge < -0.3 is 36.0 Å². The minimum atomic E-state index is -3.01. The summed E-state index contributed by atoms with van der Waals surface area (Å²) < 4.78 is 5.20. The van der Waals surface area contributed by atoms with Gasteiger partial charge in [-0.15, -0.1) is 0 Å². The monoisotopic (exact) mass is 559 g/mol. The summed E-state index contributed by atoms with van der Waals surface area (Å²) in [5.74, 6) is -9.99. The standard InChI is InChI=1S/C27H33N3O10/c1-9-10-7-8-11(29-25(38)40-26(2,3)4)18(31)13(10)19(32)14-12(9)20(33)16-17(30(5)6)21(34)15(24(28)37)23(36)27(16,39)22(14)35/h7-9,12,16-17,20,31-33,36,39H,1-6H3,(H2,28,37)(H,29,38)/t9-,12+,16+,17-,20-,27-/m0/s1. The highest BCUT2D eigenvalue weighted by molar-refractivity contribution is 6.24. The number of ether oxygens (including phenoxy) is 1. The number of amides is 2. The maximum Gasteiger partial charge on any atom is 0.412 e. The molecule has 2 amide bonds. The van der Waals surface area contributed by atoms with Gasteiger partial charge in [-0.3, -0.25) is 24.6 Å². The molecule has 0 aromatic heterocycles. The zero-order chi connectivity index (χ0) is 30.2. The van der Waals surface area contributed by atoms with Gasteiger partial charge in [0.15, 0.2) is 11.4 Å². The van der Waals surface area contributed by atoms with E-state index in [4.69, 9.17) is 10.5 Å². The van der Waals surface area contributed by atoms with E-state index in [2.05, 4.69) is 5.32 Å². The van der Waals surface area contributed by atoms with Gasteiger partial charge in [0.1, 0.15) is 28.4 Å². The summed E-state index contributed by atoms with van der Waals surface area (Å²) in [6, 6.07) is 1.41. The van der Waals surface area contributed by atoms with E-state index in [9.17, 15) is 44.7 Å². The van der Waals surface area contributed by atoms with Crippen LogP contribution in [0.4, 0.5) is 10.5 Å². The second-order valence-electron chi connectivity index (χ2n) is 11.6. The van der Waals surface area contributed by atoms with Crippen molar-refractivity contribution in [3.8, 4) is 5.75 Å². The van der Waals surface area contributed by atoms with Crippen LogP contribution in [0.3, 0.4) is 0 Å². The molecule has 3 aliphatic carbocycles. The molecule has 0 spiro atoms. The van der Waals surface area contributed by atoms with Crippen LogP contribution in [0.2, 0.25) is 0 Å². The lowest BCUT2D eigenvalue weighted by molar-refractivity contribution is -0.169. The second kappa shape index (κ2) is 9.32. The maximum absolute atomic E-state index is 14.0. The predicted molar refractivity (Wildman–Crippen MR) is 140 cm³/mol. The highest BCUT2D eigenvalue weighted by Crippen LogP contribution is 2.56. The molecule has 40 heavy (non-hydrogen) atoms. The van der Waals surface area contributed by atoms with Crippen molar-refractivity contribution in [2.75, 3.05) is 19.4 Å². The number of nitrogens with zero attached hydrogens (tertiary/aromatic N) is 1. The minimum Gasteiger partial charge on any atom is -0.508 e. The number of phenols is 1. The van der Waals surface area contributed by atoms with Crippen LogP contribution in [0, 0.1) is 11.8 Å². The zero-order valence-electron chi connectivity index (χ0n) is 22.8. The molecule has 1 aromatic rings. The second-order valence-corrected chi connectivity index (χ2v) is 11.6. The quantitative estimate of drug-likeness (QED) is 0.203. The predicted octanol–water partition coefficient (Wildman–Crippen LogP) is 0.843. The lowest BCUT2D eigenvalue weighted by Crippen LogP contribution is -2.70. The average Bonchev–Trinajstić information content (AvgIpc) is 2.81. The Kier molecular flexibility index (Phi) is 6.77. The lowest BCUT2D eigenvalue weighted by Gasteiger charge is -2.53. The summed E-state index contributed by atoms with van der Waals surface area (Å²) in [5, 5.41) is 59.0. The number of nitrogens with two attached hydrogens (primary N) is 1. The zero-order valence-corrected chi connectivity index (χ0v) is 22.8. The molecule has 4 rings (SSSR count). The molecule has 13 heteroatoms. The molecule has 1 saturated carbocycles. The number of Topliss-reactive ketones (excluding diaryl/α,β-unsaturated/α-hetero) is 2. The van der Waals surface area contributed by atoms with E-state index < -0.39 is 93.1 Å². The fraction of sp³-hybridized carbons (Fsp3) is 0.481. The van der Waals surface area contributed by atoms with Gasteiger partial charge in [-0.2, -0.15) is 0 Å². The number of benzene rings is 1. The fourth-order valence-corrected chi connectivity index (χ4v) is 6.13. The van der Waals surface area contributed by atoms with Gasteiger partial charge in [-0.1, -0.05) is 13.0 Å². The van der Waals surface area contributed by atoms with E-state index in [1.54, 1.807) is 27.7 Å². The van der Waals surface area contributed by atoms with Crippen molar-refractivity contribution < 1.29 is 49.4 Å². The van der Waals surface area contributed by atoms with Crippen molar-refractivity contribution in [3.63, 3.8) is 0 Å². The number of anilines is 1. The smallest absolute Gasteiger partial charge is 0.412 e. The van der Waals surface area contributed by atoms with Crippen LogP contribution >= 0.6 is 0 Å². The third kappa shape index (κ3) is 4.03. The summed E-state index contributed by atoms with van der Waals surface area (Å²) in [6.07, 6.45) is -2.59. The van der Waals surface area contributed by atoms with Crippen molar-refractivity contribution in [1.82, 2.24) is 4.90 Å². The number of carbonyl (C=O) groups excluding carboxylic acids is 4. The SMILES string of the molecule is C[C@H]1c2ccc(NC(=O)OC(C)(C)C)c(O)c2C(O)=C2C(=O)[C@]3(O)C(O)=C(C(N)=O)C(=O)[C@@H](N(C)C)[C@@H]3[C@@H](O)[C@@H]21. The number of ketones is 2. The fourth-order valence-electron chi connectivity index (χ4n) is 6.13. The van der Waals surface area contributed by atoms with E-state index in [1.165, 1.54) is 31.1 Å². The number of rotatable bonds is 3. The van der Waals surface area contributed by atoms with Gasteiger partial charge in [-0.25, -0.2) is 4.79 Å². The van der Waals surface area contributed by atoms with Crippen LogP contribution in [-0.4, -0.2) is 91.4 Å². The van der Waals surface area contributed by atoms with Gasteiger partial charge in [0.25, 0.3) is 5.91 Å². The molecule has 0 bridgehead atoms. The molecular weight excluding hydrogens is 526 g/mol. The number of aromatic hydroxyl groups is 1. The molecule has 8 N–H and O–H groups in total. The maximum atomic E-state index is 14.0. The number of aliphatic hydroxyl groups excluding tert-OH is 3. The number of fused-ring (bicyclic) bond motifs is 3. The molecule has 0 aliphatic heterocycles. The van der Waals surface area contributed by atoms with Crippen LogP contribution in [-0.2, 0) is 19.1 Å². The Bertz CT molecular complexity index is 1410. The molecule has 6 atom stereocenters. The number of hydrogen-bond donors (Lipinski definition) is 7. The van der Waals surface area contributed by atoms with E-state index in [1.807, 2.05) is 0 Å². The number of likely N-dealkylation sites (N-methyl/N-ethyl adjacent to an activating group) is 1. The Labute approximate surface area is 229 Å². The van der Waals surface area contributed by atoms with Gasteiger partial charge in [-0.05, 0) is 52.4 Å². The van der Waals surface area contributed by atoms with E-state index in [0.717, 1.165) is 0 Å². The molecular formula is C27H33N3O10. The largest absolute Gasteiger partial charge is 0.508 e. The van der Waals surface area contributed by atoms with Crippen molar-refractivity contribution in [1.29, 1.82) is 0 Å². The molecule has 1 fully saturated rings. The molecule has 0 saturated heterocycles. The highest BCUT2D eigenvalue weighted by Gasteiger charge is 2.68. The Morgan fingerprint density at radius 2 is 1.73 bits per heavy atom. The number of hydrogen-bond acceptors (Lipinski definition) is 11. The summed E-state index contributed by atoms with van der Waals surface area (Å²) in [7, 11) is 2.86. The highest BCUT2D eigenvalue weighted by atomic mass is 16.6. The van der Waals surface area contributed by atoms with Gasteiger partial charge >= 0.3 is 6.09 Å². The van der Waals surface area contributed by atoms with Crippen molar-refractivity contribution in [2.24, 2.45) is 17.6 Å². The molecule has 3 aliphatic rings. The van der Waals surface area contributed by atoms with Gasteiger partial charge in [0.2, 0.25) is 5.78 Å². The van der Waals surface area contributed by atoms with E-state index in [-0.39, 0.29) is 11.3 Å². The molecule has 13 nitrogen and oxygen atoms in total. The Balaban J connectivity index is 1.93. The Hall–Kier alpha value is -3.94. The van der Waals surface area contributed by atoms with Crippen molar-refractivity contribution >= 4 is 35.0 Å². The van der Waals surface area contributed by atoms with Crippen LogP contribution < -0.4 is 11.1 Å². The summed E-state index contributed by atoms with van der Waals surface area (Å²) >= 11 is 0. The third-order valence-corrected chi connectivity index (χ3v) is 7.77. The van der Waals surface area contributed by atoms with E-state index >= 15 is 0 Å². The number of aliphatic hydroxyl groups is 4. The molecule has 0 unspecified atom stereocenters. The van der Waals surface area contributed by atoms with Gasteiger partial charge in [0, 0.05) is 11.5 Å². The van der Waals surface area contributed by atoms with E-state index in [0.29, 0.717) is 5.56 Å². The number of primary amides is 1. The number of phenolic OH excluding ortho intramolecular Hbond substituents is 1. The summed E-state index contributed by atoms with van der Waals surface area (Å²) in [4.78, 5) is 52.9. The Morgan fingerprint density at radius 1 is 1.12 bits per heavy atom. The van der Waals surface area contributed by atoms with Crippen LogP contribution in [0.5, 0.6) is 5.75 Å². The first-order chi connectivity index (χ1) is 18.4. The third-order valence-electron chi connectivity index (χ3n) is 7.77. The number of carbonyl (C=O) groups is 4. The van der Waals surface area contributed by atoms with Crippen LogP contribution in [0.25, 0.3) is 5.76 Å². The Morgan fingerprint density at radius 3 is 2.25 bits per heavy atom. The topological polar surface area (TPSA) is 220 Å². The molecule has 0 heterocycles. The normalized spacial score (nSPS) is 30.1. The van der Waals surface area contributed by atoms with Crippen molar-refractivity contribution in [2.45, 2.75) is 57.0 Å². The van der Waals surface area contributed by atoms with Gasteiger partial charge in [0.05, 0.1) is 29.3 Å². The molecule has 216 valence electrons. The van der Waals surface area contributed by atoms with Crippen LogP contribution in [0.1, 0.15) is 44.7 Å². The summed E-state index contributed by atoms with van der Waals surface area (Å²) in [6.45, 7) is 6.53. The summed E-state index contributed by atoms with van der Waals surface area (Å²) in [5.41, 5.74) is -0.162. The lowest BCUT2D eigenvalue weighted by atomic mass is 9.54. The van der Waals surface area contributed by atoms with Crippen molar-refractivity contribution in [3.05, 3.63) is 40.2 Å². The molecule has 1 aromatic carbocycles. The first-order valence-corrected chi connectivity index (χ1v) is 12.5. The molecule has 0 radical (unpaired) electrons. The first kappa shape index (κ1) is 29.1. The first-order valence-electron chi connectivity index (χ1n) is 12.5. The van der Waals surface area contributed by atoms with Crippen LogP contribution in [0.15, 0.2) is 29.0 Å². The average molecular weight is 560 g/mol. The number of nitrogens with one attached hydrogen (secondary N) is 1. The minimum absolute atomic E-state index is 0.152.